The molecule has 0 spiro atoms. The normalized spacial score (nSPS) is 13.6. The maximum absolute atomic E-state index is 5.76. The molecule has 3 N–H and O–H groups in total. The Balaban J connectivity index is 3.18. The van der Waals surface area contributed by atoms with E-state index in [4.69, 9.17) is 10.6 Å². The van der Waals surface area contributed by atoms with Crippen LogP contribution in [0.3, 0.4) is 0 Å². The van der Waals surface area contributed by atoms with Crippen LogP contribution in [-0.2, 0) is 0 Å². The number of aromatic nitrogens is 2. The van der Waals surface area contributed by atoms with Crippen LogP contribution in [0.15, 0.2) is 12.4 Å². The summed E-state index contributed by atoms with van der Waals surface area (Å²) in [5.41, 5.74) is 3.38. The maximum Gasteiger partial charge on any atom is 0.237 e. The van der Waals surface area contributed by atoms with Crippen molar-refractivity contribution in [1.82, 2.24) is 20.3 Å². The minimum atomic E-state index is -0.207. The van der Waals surface area contributed by atoms with Gasteiger partial charge in [-0.2, -0.15) is 0 Å². The number of ether oxygens (including phenoxy) is 1. The van der Waals surface area contributed by atoms with Gasteiger partial charge in [-0.15, -0.1) is 0 Å². The van der Waals surface area contributed by atoms with Crippen LogP contribution >= 0.6 is 0 Å². The Morgan fingerprint density at radius 2 is 1.89 bits per heavy atom. The van der Waals surface area contributed by atoms with Gasteiger partial charge in [-0.25, -0.2) is 10.4 Å². The third-order valence-electron chi connectivity index (χ3n) is 3.61. The van der Waals surface area contributed by atoms with Gasteiger partial charge in [0.05, 0.1) is 13.2 Å². The van der Waals surface area contributed by atoms with Crippen LogP contribution in [0.4, 0.5) is 0 Å². The monoisotopic (exact) mass is 267 g/mol. The molecule has 0 amide bonds. The highest BCUT2D eigenvalue weighted by atomic mass is 16.5. The first-order chi connectivity index (χ1) is 9.02. The minimum absolute atomic E-state index is 0.170. The van der Waals surface area contributed by atoms with Crippen LogP contribution in [0, 0.1) is 0 Å². The van der Waals surface area contributed by atoms with E-state index in [1.807, 2.05) is 0 Å². The van der Waals surface area contributed by atoms with Crippen molar-refractivity contribution in [3.63, 3.8) is 0 Å². The molecule has 0 aliphatic rings. The van der Waals surface area contributed by atoms with Crippen molar-refractivity contribution in [2.45, 2.75) is 39.3 Å². The zero-order chi connectivity index (χ0) is 14.5. The molecule has 0 radical (unpaired) electrons. The average Bonchev–Trinajstić information content (AvgIpc) is 2.40. The van der Waals surface area contributed by atoms with Gasteiger partial charge >= 0.3 is 0 Å². The van der Waals surface area contributed by atoms with Crippen LogP contribution in [0.1, 0.15) is 39.4 Å². The number of likely N-dealkylation sites (N-methyl/N-ethyl adjacent to an activating group) is 1. The summed E-state index contributed by atoms with van der Waals surface area (Å²) in [4.78, 5) is 10.9. The summed E-state index contributed by atoms with van der Waals surface area (Å²) in [5, 5.41) is 0. The summed E-state index contributed by atoms with van der Waals surface area (Å²) in [6, 6.07) is -0.170. The molecule has 0 aliphatic heterocycles. The fraction of sp³-hybridized carbons (Fsp3) is 0.692. The molecular weight excluding hydrogens is 242 g/mol. The van der Waals surface area contributed by atoms with Crippen LogP contribution in [0.25, 0.3) is 0 Å². The Morgan fingerprint density at radius 3 is 2.37 bits per heavy atom. The van der Waals surface area contributed by atoms with Crippen molar-refractivity contribution in [3.8, 4) is 5.88 Å². The zero-order valence-electron chi connectivity index (χ0n) is 12.5. The van der Waals surface area contributed by atoms with Crippen LogP contribution < -0.4 is 16.0 Å². The van der Waals surface area contributed by atoms with E-state index in [9.17, 15) is 0 Å². The standard InChI is InChI=1S/C13H25N5O/c1-6-18(7-2)13(3,4)11(17-14)10-12(19-5)16-9-8-15-10/h8-9,11,17H,6-7,14H2,1-5H3. The highest BCUT2D eigenvalue weighted by Crippen LogP contribution is 2.32. The smallest absolute Gasteiger partial charge is 0.237 e. The van der Waals surface area contributed by atoms with E-state index >= 15 is 0 Å². The third kappa shape index (κ3) is 3.20. The van der Waals surface area contributed by atoms with Crippen molar-refractivity contribution >= 4 is 0 Å². The molecule has 0 saturated carbocycles. The zero-order valence-corrected chi connectivity index (χ0v) is 12.5. The van der Waals surface area contributed by atoms with Crippen molar-refractivity contribution in [1.29, 1.82) is 0 Å². The van der Waals surface area contributed by atoms with Gasteiger partial charge in [-0.1, -0.05) is 13.8 Å². The summed E-state index contributed by atoms with van der Waals surface area (Å²) in [6.07, 6.45) is 3.26. The van der Waals surface area contributed by atoms with E-state index in [0.29, 0.717) is 5.88 Å². The maximum atomic E-state index is 5.76. The Morgan fingerprint density at radius 1 is 1.32 bits per heavy atom. The molecule has 6 heteroatoms. The van der Waals surface area contributed by atoms with Gasteiger partial charge in [0.25, 0.3) is 0 Å². The van der Waals surface area contributed by atoms with E-state index in [-0.39, 0.29) is 11.6 Å². The Hall–Kier alpha value is -1.24. The predicted molar refractivity (Wildman–Crippen MR) is 75.6 cm³/mol. The van der Waals surface area contributed by atoms with E-state index in [0.717, 1.165) is 18.8 Å². The lowest BCUT2D eigenvalue weighted by atomic mass is 9.90. The van der Waals surface area contributed by atoms with Crippen molar-refractivity contribution in [2.75, 3.05) is 20.2 Å². The topological polar surface area (TPSA) is 76.3 Å². The first-order valence-electron chi connectivity index (χ1n) is 6.58. The summed E-state index contributed by atoms with van der Waals surface area (Å²) in [7, 11) is 1.59. The molecule has 0 saturated heterocycles. The number of nitrogens with zero attached hydrogens (tertiary/aromatic N) is 3. The predicted octanol–water partition coefficient (Wildman–Crippen LogP) is 1.11. The van der Waals surface area contributed by atoms with Gasteiger partial charge in [0.2, 0.25) is 5.88 Å². The molecule has 0 aromatic carbocycles. The molecule has 0 bridgehead atoms. The van der Waals surface area contributed by atoms with Crippen LogP contribution in [0.5, 0.6) is 5.88 Å². The molecule has 1 atom stereocenters. The largest absolute Gasteiger partial charge is 0.480 e. The van der Waals surface area contributed by atoms with Gasteiger partial charge < -0.3 is 4.74 Å². The van der Waals surface area contributed by atoms with E-state index in [2.05, 4.69) is 48.0 Å². The number of nitrogens with two attached hydrogens (primary N) is 1. The molecule has 6 nitrogen and oxygen atoms in total. The van der Waals surface area contributed by atoms with Crippen molar-refractivity contribution < 1.29 is 4.74 Å². The van der Waals surface area contributed by atoms with E-state index < -0.39 is 0 Å². The van der Waals surface area contributed by atoms with Crippen LogP contribution in [0.2, 0.25) is 0 Å². The number of methoxy groups -OCH3 is 1. The number of hydrogen-bond acceptors (Lipinski definition) is 6. The molecular formula is C13H25N5O. The lowest BCUT2D eigenvalue weighted by Gasteiger charge is -2.42. The molecule has 19 heavy (non-hydrogen) atoms. The SMILES string of the molecule is CCN(CC)C(C)(C)C(NN)c1nccnc1OC. The van der Waals surface area contributed by atoms with Crippen molar-refractivity contribution in [2.24, 2.45) is 5.84 Å². The van der Waals surface area contributed by atoms with E-state index in [1.54, 1.807) is 19.5 Å². The molecule has 0 aliphatic carbocycles. The average molecular weight is 267 g/mol. The quantitative estimate of drug-likeness (QED) is 0.569. The molecule has 1 unspecified atom stereocenters. The number of rotatable bonds is 7. The summed E-state index contributed by atoms with van der Waals surface area (Å²) < 4.78 is 5.28. The number of hydrogen-bond donors (Lipinski definition) is 2. The van der Waals surface area contributed by atoms with Gasteiger partial charge in [0, 0.05) is 17.9 Å². The summed E-state index contributed by atoms with van der Waals surface area (Å²) in [6.45, 7) is 10.4. The second-order valence-corrected chi connectivity index (χ2v) is 4.88. The highest BCUT2D eigenvalue weighted by molar-refractivity contribution is 5.24. The summed E-state index contributed by atoms with van der Waals surface area (Å²) in [5.74, 6) is 6.27. The van der Waals surface area contributed by atoms with E-state index in [1.165, 1.54) is 0 Å². The number of hydrazine groups is 1. The first kappa shape index (κ1) is 15.8. The lowest BCUT2D eigenvalue weighted by Crippen LogP contribution is -2.54. The fourth-order valence-electron chi connectivity index (χ4n) is 2.53. The second-order valence-electron chi connectivity index (χ2n) is 4.88. The summed E-state index contributed by atoms with van der Waals surface area (Å²) >= 11 is 0. The third-order valence-corrected chi connectivity index (χ3v) is 3.61. The van der Waals surface area contributed by atoms with Crippen LogP contribution in [-0.4, -0.2) is 40.6 Å². The van der Waals surface area contributed by atoms with Gasteiger partial charge in [-0.05, 0) is 26.9 Å². The molecule has 108 valence electrons. The Labute approximate surface area is 115 Å². The molecule has 1 aromatic heterocycles. The Kier molecular flexibility index (Phi) is 5.65. The first-order valence-corrected chi connectivity index (χ1v) is 6.58. The second kappa shape index (κ2) is 6.79. The fourth-order valence-corrected chi connectivity index (χ4v) is 2.53. The number of nitrogens with one attached hydrogen (secondary N) is 1. The molecule has 1 heterocycles. The van der Waals surface area contributed by atoms with Crippen molar-refractivity contribution in [3.05, 3.63) is 18.1 Å². The minimum Gasteiger partial charge on any atom is -0.480 e. The van der Waals surface area contributed by atoms with Gasteiger partial charge in [0.1, 0.15) is 5.69 Å². The van der Waals surface area contributed by atoms with Gasteiger partial charge in [0.15, 0.2) is 0 Å². The molecule has 1 rings (SSSR count). The highest BCUT2D eigenvalue weighted by Gasteiger charge is 2.37. The lowest BCUT2D eigenvalue weighted by molar-refractivity contribution is 0.0880. The molecule has 1 aromatic rings. The van der Waals surface area contributed by atoms with Gasteiger partial charge in [-0.3, -0.25) is 15.7 Å². The molecule has 0 fully saturated rings. The Bertz CT molecular complexity index is 392.